The van der Waals surface area contributed by atoms with Crippen molar-refractivity contribution in [1.29, 1.82) is 0 Å². The van der Waals surface area contributed by atoms with Gasteiger partial charge in [-0.2, -0.15) is 18.3 Å². The third kappa shape index (κ3) is 4.09. The molecule has 10 heteroatoms. The molecular weight excluding hydrogens is 369 g/mol. The zero-order chi connectivity index (χ0) is 18.8. The highest BCUT2D eigenvalue weighted by molar-refractivity contribution is 7.89. The van der Waals surface area contributed by atoms with Gasteiger partial charge in [0.25, 0.3) is 0 Å². The number of halogens is 3. The monoisotopic (exact) mass is 382 g/mol. The number of sulfonamides is 1. The lowest BCUT2D eigenvalue weighted by Gasteiger charge is -2.11. The summed E-state index contributed by atoms with van der Waals surface area (Å²) in [6, 6.07) is 8.52. The molecular formula is C16H13F3N4O2S. The van der Waals surface area contributed by atoms with Gasteiger partial charge in [0.1, 0.15) is 0 Å². The van der Waals surface area contributed by atoms with E-state index in [-0.39, 0.29) is 6.54 Å². The van der Waals surface area contributed by atoms with Crippen LogP contribution in [0.2, 0.25) is 0 Å². The fourth-order valence-corrected chi connectivity index (χ4v) is 3.26. The van der Waals surface area contributed by atoms with Crippen molar-refractivity contribution >= 4 is 10.0 Å². The molecule has 0 aliphatic rings. The molecule has 0 aliphatic heterocycles. The molecule has 0 aliphatic carbocycles. The predicted octanol–water partition coefficient (Wildman–Crippen LogP) is 2.76. The predicted molar refractivity (Wildman–Crippen MR) is 86.8 cm³/mol. The van der Waals surface area contributed by atoms with Crippen LogP contribution in [0, 0.1) is 0 Å². The van der Waals surface area contributed by atoms with E-state index in [4.69, 9.17) is 0 Å². The van der Waals surface area contributed by atoms with Crippen molar-refractivity contribution in [1.82, 2.24) is 19.5 Å². The molecule has 0 atom stereocenters. The van der Waals surface area contributed by atoms with Gasteiger partial charge in [-0.05, 0) is 42.0 Å². The van der Waals surface area contributed by atoms with Gasteiger partial charge in [0.15, 0.2) is 5.82 Å². The summed E-state index contributed by atoms with van der Waals surface area (Å²) in [5.74, 6) is 0.491. The molecule has 1 N–H and O–H groups in total. The molecule has 0 radical (unpaired) electrons. The highest BCUT2D eigenvalue weighted by Crippen LogP contribution is 2.30. The Balaban J connectivity index is 1.78. The summed E-state index contributed by atoms with van der Waals surface area (Å²) in [7, 11) is -4.10. The summed E-state index contributed by atoms with van der Waals surface area (Å²) < 4.78 is 66.6. The molecule has 0 amide bonds. The van der Waals surface area contributed by atoms with Crippen molar-refractivity contribution in [2.75, 3.05) is 0 Å². The van der Waals surface area contributed by atoms with E-state index in [2.05, 4.69) is 14.8 Å². The van der Waals surface area contributed by atoms with E-state index in [0.717, 1.165) is 18.2 Å². The first-order valence-corrected chi connectivity index (χ1v) is 8.86. The maximum atomic E-state index is 12.8. The first-order valence-electron chi connectivity index (χ1n) is 7.37. The summed E-state index contributed by atoms with van der Waals surface area (Å²) in [4.78, 5) is 3.67. The number of nitrogens with one attached hydrogen (secondary N) is 1. The van der Waals surface area contributed by atoms with Gasteiger partial charge < -0.3 is 0 Å². The van der Waals surface area contributed by atoms with E-state index in [1.807, 2.05) is 0 Å². The van der Waals surface area contributed by atoms with Crippen LogP contribution in [0.3, 0.4) is 0 Å². The van der Waals surface area contributed by atoms with Crippen LogP contribution in [0.4, 0.5) is 13.2 Å². The summed E-state index contributed by atoms with van der Waals surface area (Å²) in [6.45, 7) is -0.102. The Bertz CT molecular complexity index is 1000. The molecule has 3 rings (SSSR count). The van der Waals surface area contributed by atoms with Crippen LogP contribution in [0.5, 0.6) is 0 Å². The summed E-state index contributed by atoms with van der Waals surface area (Å²) in [5.41, 5.74) is -0.439. The number of aromatic nitrogens is 3. The third-order valence-corrected chi connectivity index (χ3v) is 4.89. The quantitative estimate of drug-likeness (QED) is 0.736. The van der Waals surface area contributed by atoms with E-state index in [1.54, 1.807) is 30.6 Å². The van der Waals surface area contributed by atoms with Crippen molar-refractivity contribution in [3.63, 3.8) is 0 Å². The first-order chi connectivity index (χ1) is 12.3. The molecule has 0 fully saturated rings. The zero-order valence-corrected chi connectivity index (χ0v) is 14.0. The second kappa shape index (κ2) is 6.89. The van der Waals surface area contributed by atoms with Gasteiger partial charge in [-0.15, -0.1) is 0 Å². The van der Waals surface area contributed by atoms with Crippen LogP contribution in [-0.4, -0.2) is 23.2 Å². The molecule has 0 saturated carbocycles. The number of nitrogens with zero attached hydrogens (tertiary/aromatic N) is 3. The van der Waals surface area contributed by atoms with Gasteiger partial charge in [-0.3, -0.25) is 0 Å². The van der Waals surface area contributed by atoms with E-state index in [0.29, 0.717) is 17.4 Å². The highest BCUT2D eigenvalue weighted by Gasteiger charge is 2.31. The number of hydrogen-bond acceptors (Lipinski definition) is 4. The fraction of sp³-hybridized carbons (Fsp3) is 0.125. The van der Waals surface area contributed by atoms with Crippen molar-refractivity contribution in [2.45, 2.75) is 17.6 Å². The Morgan fingerprint density at radius 2 is 1.88 bits per heavy atom. The lowest BCUT2D eigenvalue weighted by Crippen LogP contribution is -2.23. The zero-order valence-electron chi connectivity index (χ0n) is 13.2. The molecule has 2 heterocycles. The molecule has 0 spiro atoms. The number of pyridine rings is 1. The topological polar surface area (TPSA) is 76.9 Å². The van der Waals surface area contributed by atoms with Gasteiger partial charge in [-0.1, -0.05) is 6.07 Å². The Morgan fingerprint density at radius 1 is 1.08 bits per heavy atom. The minimum absolute atomic E-state index is 0.102. The standard InChI is InChI=1S/C16H13F3N4O2S/c17-16(18,19)13-3-1-4-14(10-13)26(24,25)22-11-12-5-7-20-15(9-12)23-8-2-6-21-23/h1-10,22H,11H2. The molecule has 0 saturated heterocycles. The SMILES string of the molecule is O=S(=O)(NCc1ccnc(-n2cccn2)c1)c1cccc(C(F)(F)F)c1. The summed E-state index contributed by atoms with van der Waals surface area (Å²) in [5, 5.41) is 4.03. The molecule has 26 heavy (non-hydrogen) atoms. The van der Waals surface area contributed by atoms with Crippen LogP contribution >= 0.6 is 0 Å². The van der Waals surface area contributed by atoms with Gasteiger partial charge >= 0.3 is 6.18 Å². The van der Waals surface area contributed by atoms with Crippen molar-refractivity contribution in [2.24, 2.45) is 0 Å². The van der Waals surface area contributed by atoms with E-state index in [1.165, 1.54) is 10.9 Å². The lowest BCUT2D eigenvalue weighted by molar-refractivity contribution is -0.137. The van der Waals surface area contributed by atoms with Crippen LogP contribution in [0.1, 0.15) is 11.1 Å². The number of hydrogen-bond donors (Lipinski definition) is 1. The Kier molecular flexibility index (Phi) is 4.79. The minimum Gasteiger partial charge on any atom is -0.237 e. The molecule has 1 aromatic carbocycles. The summed E-state index contributed by atoms with van der Waals surface area (Å²) in [6.07, 6.45) is 0.129. The lowest BCUT2D eigenvalue weighted by atomic mass is 10.2. The second-order valence-electron chi connectivity index (χ2n) is 5.32. The van der Waals surface area contributed by atoms with Crippen molar-refractivity contribution in [3.8, 4) is 5.82 Å². The van der Waals surface area contributed by atoms with E-state index >= 15 is 0 Å². The normalized spacial score (nSPS) is 12.3. The van der Waals surface area contributed by atoms with Crippen molar-refractivity contribution < 1.29 is 21.6 Å². The van der Waals surface area contributed by atoms with E-state index < -0.39 is 26.7 Å². The van der Waals surface area contributed by atoms with Gasteiger partial charge in [0.05, 0.1) is 10.5 Å². The maximum absolute atomic E-state index is 12.8. The average Bonchev–Trinajstić information content (AvgIpc) is 3.14. The van der Waals surface area contributed by atoms with Gasteiger partial charge in [0, 0.05) is 25.1 Å². The first kappa shape index (κ1) is 18.1. The number of alkyl halides is 3. The van der Waals surface area contributed by atoms with Crippen molar-refractivity contribution in [3.05, 3.63) is 72.2 Å². The third-order valence-electron chi connectivity index (χ3n) is 3.49. The van der Waals surface area contributed by atoms with Crippen LogP contribution < -0.4 is 4.72 Å². The largest absolute Gasteiger partial charge is 0.416 e. The fourth-order valence-electron chi connectivity index (χ4n) is 2.20. The molecule has 0 bridgehead atoms. The number of benzene rings is 1. The molecule has 6 nitrogen and oxygen atoms in total. The second-order valence-corrected chi connectivity index (χ2v) is 7.09. The maximum Gasteiger partial charge on any atom is 0.416 e. The van der Waals surface area contributed by atoms with E-state index in [9.17, 15) is 21.6 Å². The average molecular weight is 382 g/mol. The Hall–Kier alpha value is -2.72. The van der Waals surface area contributed by atoms with Crippen LogP contribution in [-0.2, 0) is 22.7 Å². The summed E-state index contributed by atoms with van der Waals surface area (Å²) >= 11 is 0. The molecule has 3 aromatic rings. The minimum atomic E-state index is -4.62. The molecule has 0 unspecified atom stereocenters. The van der Waals surface area contributed by atoms with Gasteiger partial charge in [0.2, 0.25) is 10.0 Å². The smallest absolute Gasteiger partial charge is 0.237 e. The van der Waals surface area contributed by atoms with Gasteiger partial charge in [-0.25, -0.2) is 22.8 Å². The highest BCUT2D eigenvalue weighted by atomic mass is 32.2. The van der Waals surface area contributed by atoms with Crippen LogP contribution in [0.15, 0.2) is 66.0 Å². The molecule has 136 valence electrons. The molecule has 2 aromatic heterocycles. The Morgan fingerprint density at radius 3 is 2.58 bits per heavy atom. The number of rotatable bonds is 5. The Labute approximate surface area is 147 Å². The van der Waals surface area contributed by atoms with Crippen LogP contribution in [0.25, 0.3) is 5.82 Å².